The van der Waals surface area contributed by atoms with Crippen LogP contribution in [0.2, 0.25) is 4.34 Å². The first kappa shape index (κ1) is 13.0. The predicted molar refractivity (Wildman–Crippen MR) is 66.9 cm³/mol. The predicted octanol–water partition coefficient (Wildman–Crippen LogP) is 3.48. The first-order valence-electron chi connectivity index (χ1n) is 5.21. The van der Waals surface area contributed by atoms with Crippen LogP contribution in [0.15, 0.2) is 12.1 Å². The Labute approximate surface area is 101 Å². The highest BCUT2D eigenvalue weighted by Gasteiger charge is 2.06. The van der Waals surface area contributed by atoms with Crippen molar-refractivity contribution in [1.82, 2.24) is 5.32 Å². The molecule has 1 heterocycles. The monoisotopic (exact) mass is 247 g/mol. The zero-order chi connectivity index (χ0) is 11.1. The summed E-state index contributed by atoms with van der Waals surface area (Å²) < 4.78 is 5.85. The summed E-state index contributed by atoms with van der Waals surface area (Å²) in [6, 6.07) is 4.43. The minimum atomic E-state index is 0.394. The average molecular weight is 248 g/mol. The Balaban J connectivity index is 2.16. The molecule has 0 saturated heterocycles. The van der Waals surface area contributed by atoms with Gasteiger partial charge in [-0.3, -0.25) is 0 Å². The second kappa shape index (κ2) is 7.23. The fraction of sp³-hybridized carbons (Fsp3) is 0.636. The van der Waals surface area contributed by atoms with E-state index in [0.717, 1.165) is 30.3 Å². The number of nitrogens with one attached hydrogen (secondary N) is 1. The van der Waals surface area contributed by atoms with E-state index in [1.165, 1.54) is 4.88 Å². The SMILES string of the molecule is COCCCCN[C@@H](C)c1ccc(Cl)s1. The molecule has 0 aliphatic heterocycles. The van der Waals surface area contributed by atoms with Gasteiger partial charge in [0.25, 0.3) is 0 Å². The fourth-order valence-electron chi connectivity index (χ4n) is 1.35. The molecule has 0 radical (unpaired) electrons. The zero-order valence-corrected chi connectivity index (χ0v) is 10.8. The van der Waals surface area contributed by atoms with Gasteiger partial charge < -0.3 is 10.1 Å². The molecule has 0 unspecified atom stereocenters. The number of methoxy groups -OCH3 is 1. The van der Waals surface area contributed by atoms with E-state index in [1.54, 1.807) is 18.4 Å². The summed E-state index contributed by atoms with van der Waals surface area (Å²) in [6.45, 7) is 4.04. The van der Waals surface area contributed by atoms with E-state index in [1.807, 2.05) is 6.07 Å². The van der Waals surface area contributed by atoms with E-state index in [-0.39, 0.29) is 0 Å². The number of unbranched alkanes of at least 4 members (excludes halogenated alkanes) is 1. The van der Waals surface area contributed by atoms with Crippen LogP contribution in [0.4, 0.5) is 0 Å². The molecule has 0 bridgehead atoms. The molecule has 0 fully saturated rings. The van der Waals surface area contributed by atoms with Crippen LogP contribution in [0.1, 0.15) is 30.7 Å². The molecule has 1 atom stereocenters. The van der Waals surface area contributed by atoms with Crippen molar-refractivity contribution in [3.05, 3.63) is 21.3 Å². The van der Waals surface area contributed by atoms with Crippen LogP contribution in [0, 0.1) is 0 Å². The van der Waals surface area contributed by atoms with Gasteiger partial charge in [-0.1, -0.05) is 11.6 Å². The molecule has 1 aromatic rings. The smallest absolute Gasteiger partial charge is 0.0931 e. The molecule has 0 aromatic carbocycles. The maximum Gasteiger partial charge on any atom is 0.0931 e. The number of thiophene rings is 1. The fourth-order valence-corrected chi connectivity index (χ4v) is 2.44. The first-order valence-corrected chi connectivity index (χ1v) is 6.41. The van der Waals surface area contributed by atoms with Crippen molar-refractivity contribution in [2.45, 2.75) is 25.8 Å². The second-order valence-electron chi connectivity index (χ2n) is 3.52. The Hall–Kier alpha value is -0.0900. The Morgan fingerprint density at radius 3 is 2.87 bits per heavy atom. The van der Waals surface area contributed by atoms with Crippen LogP contribution in [0.5, 0.6) is 0 Å². The maximum absolute atomic E-state index is 5.88. The van der Waals surface area contributed by atoms with Crippen molar-refractivity contribution in [3.63, 3.8) is 0 Å². The van der Waals surface area contributed by atoms with Crippen LogP contribution < -0.4 is 5.32 Å². The molecule has 15 heavy (non-hydrogen) atoms. The van der Waals surface area contributed by atoms with Crippen molar-refractivity contribution in [2.75, 3.05) is 20.3 Å². The van der Waals surface area contributed by atoms with Crippen LogP contribution in [0.3, 0.4) is 0 Å². The highest BCUT2D eigenvalue weighted by molar-refractivity contribution is 7.16. The Morgan fingerprint density at radius 1 is 1.47 bits per heavy atom. The van der Waals surface area contributed by atoms with Crippen LogP contribution >= 0.6 is 22.9 Å². The molecular weight excluding hydrogens is 230 g/mol. The molecular formula is C11H18ClNOS. The molecule has 0 aliphatic carbocycles. The van der Waals surface area contributed by atoms with Crippen LogP contribution in [-0.2, 0) is 4.74 Å². The minimum Gasteiger partial charge on any atom is -0.385 e. The Morgan fingerprint density at radius 2 is 2.27 bits per heavy atom. The lowest BCUT2D eigenvalue weighted by atomic mass is 10.2. The van der Waals surface area contributed by atoms with Gasteiger partial charge in [0.2, 0.25) is 0 Å². The van der Waals surface area contributed by atoms with Crippen molar-refractivity contribution >= 4 is 22.9 Å². The standard InChI is InChI=1S/C11H18ClNOS/c1-9(10-5-6-11(12)15-10)13-7-3-4-8-14-2/h5-6,9,13H,3-4,7-8H2,1-2H3/t9-/m0/s1. The summed E-state index contributed by atoms with van der Waals surface area (Å²) in [5.74, 6) is 0. The number of rotatable bonds is 7. The zero-order valence-electron chi connectivity index (χ0n) is 9.25. The molecule has 2 nitrogen and oxygen atoms in total. The van der Waals surface area contributed by atoms with Gasteiger partial charge in [-0.05, 0) is 38.4 Å². The van der Waals surface area contributed by atoms with E-state index in [9.17, 15) is 0 Å². The lowest BCUT2D eigenvalue weighted by molar-refractivity contribution is 0.192. The van der Waals surface area contributed by atoms with Crippen LogP contribution in [-0.4, -0.2) is 20.3 Å². The first-order chi connectivity index (χ1) is 7.24. The summed E-state index contributed by atoms with van der Waals surface area (Å²) in [5, 5.41) is 3.47. The molecule has 1 rings (SSSR count). The lowest BCUT2D eigenvalue weighted by Gasteiger charge is -2.11. The average Bonchev–Trinajstić information content (AvgIpc) is 2.64. The lowest BCUT2D eigenvalue weighted by Crippen LogP contribution is -2.19. The molecule has 0 saturated carbocycles. The van der Waals surface area contributed by atoms with Crippen molar-refractivity contribution in [2.24, 2.45) is 0 Å². The van der Waals surface area contributed by atoms with Gasteiger partial charge in [0.15, 0.2) is 0 Å². The molecule has 1 N–H and O–H groups in total. The van der Waals surface area contributed by atoms with Gasteiger partial charge in [0, 0.05) is 24.6 Å². The number of ether oxygens (including phenoxy) is 1. The van der Waals surface area contributed by atoms with Crippen molar-refractivity contribution < 1.29 is 4.74 Å². The van der Waals surface area contributed by atoms with Crippen molar-refractivity contribution in [3.8, 4) is 0 Å². The topological polar surface area (TPSA) is 21.3 Å². The molecule has 0 spiro atoms. The normalized spacial score (nSPS) is 13.0. The van der Waals surface area contributed by atoms with Gasteiger partial charge in [-0.15, -0.1) is 11.3 Å². The third-order valence-electron chi connectivity index (χ3n) is 2.25. The highest BCUT2D eigenvalue weighted by atomic mass is 35.5. The van der Waals surface area contributed by atoms with Crippen molar-refractivity contribution in [1.29, 1.82) is 0 Å². The highest BCUT2D eigenvalue weighted by Crippen LogP contribution is 2.26. The van der Waals surface area contributed by atoms with E-state index < -0.39 is 0 Å². The minimum absolute atomic E-state index is 0.394. The quantitative estimate of drug-likeness (QED) is 0.745. The van der Waals surface area contributed by atoms with E-state index >= 15 is 0 Å². The van der Waals surface area contributed by atoms with E-state index in [0.29, 0.717) is 6.04 Å². The number of halogens is 1. The summed E-state index contributed by atoms with van der Waals surface area (Å²) in [5.41, 5.74) is 0. The van der Waals surface area contributed by atoms with Gasteiger partial charge in [-0.2, -0.15) is 0 Å². The summed E-state index contributed by atoms with van der Waals surface area (Å²) >= 11 is 7.52. The van der Waals surface area contributed by atoms with E-state index in [4.69, 9.17) is 16.3 Å². The molecule has 0 amide bonds. The molecule has 86 valence electrons. The second-order valence-corrected chi connectivity index (χ2v) is 5.26. The molecule has 4 heteroatoms. The Kier molecular flexibility index (Phi) is 6.25. The van der Waals surface area contributed by atoms with Gasteiger partial charge in [0.1, 0.15) is 0 Å². The third kappa shape index (κ3) is 4.98. The number of hydrogen-bond acceptors (Lipinski definition) is 3. The maximum atomic E-state index is 5.88. The number of hydrogen-bond donors (Lipinski definition) is 1. The largest absolute Gasteiger partial charge is 0.385 e. The summed E-state index contributed by atoms with van der Waals surface area (Å²) in [4.78, 5) is 1.30. The molecule has 1 aromatic heterocycles. The Bertz CT molecular complexity index is 277. The summed E-state index contributed by atoms with van der Waals surface area (Å²) in [7, 11) is 1.74. The summed E-state index contributed by atoms with van der Waals surface area (Å²) in [6.07, 6.45) is 2.26. The third-order valence-corrected chi connectivity index (χ3v) is 3.66. The van der Waals surface area contributed by atoms with Gasteiger partial charge in [0.05, 0.1) is 4.34 Å². The van der Waals surface area contributed by atoms with Gasteiger partial charge in [-0.25, -0.2) is 0 Å². The molecule has 0 aliphatic rings. The van der Waals surface area contributed by atoms with E-state index in [2.05, 4.69) is 18.3 Å². The van der Waals surface area contributed by atoms with Gasteiger partial charge >= 0.3 is 0 Å². The van der Waals surface area contributed by atoms with Crippen LogP contribution in [0.25, 0.3) is 0 Å².